The maximum absolute atomic E-state index is 10.9. The third kappa shape index (κ3) is 5.75. The molecule has 94 valence electrons. The lowest BCUT2D eigenvalue weighted by atomic mass is 10.2. The van der Waals surface area contributed by atoms with E-state index >= 15 is 0 Å². The lowest BCUT2D eigenvalue weighted by Crippen LogP contribution is -2.21. The van der Waals surface area contributed by atoms with E-state index in [4.69, 9.17) is 0 Å². The number of carbonyl (C=O) groups excluding carboxylic acids is 1. The minimum Gasteiger partial charge on any atom is -0.326 e. The number of hydrogen-bond acceptors (Lipinski definition) is 3. The molecule has 0 aliphatic rings. The van der Waals surface area contributed by atoms with E-state index in [1.807, 2.05) is 36.0 Å². The molecule has 0 saturated carbocycles. The summed E-state index contributed by atoms with van der Waals surface area (Å²) in [6, 6.07) is 7.91. The van der Waals surface area contributed by atoms with Crippen molar-refractivity contribution in [2.24, 2.45) is 0 Å². The molecule has 0 aromatic heterocycles. The van der Waals surface area contributed by atoms with Crippen LogP contribution in [-0.2, 0) is 11.3 Å². The van der Waals surface area contributed by atoms with Gasteiger partial charge >= 0.3 is 0 Å². The first kappa shape index (κ1) is 14.1. The average molecular weight is 252 g/mol. The maximum atomic E-state index is 10.9. The molecule has 0 fully saturated rings. The van der Waals surface area contributed by atoms with Crippen LogP contribution in [0.2, 0.25) is 0 Å². The van der Waals surface area contributed by atoms with E-state index in [1.54, 1.807) is 0 Å². The molecule has 17 heavy (non-hydrogen) atoms. The SMILES string of the molecule is CSC(C)CNCc1ccc(NC(C)=O)cc1. The molecule has 1 amide bonds. The number of rotatable bonds is 6. The van der Waals surface area contributed by atoms with Gasteiger partial charge in [0.05, 0.1) is 0 Å². The zero-order valence-electron chi connectivity index (χ0n) is 10.6. The van der Waals surface area contributed by atoms with Crippen molar-refractivity contribution in [3.63, 3.8) is 0 Å². The van der Waals surface area contributed by atoms with Gasteiger partial charge in [0, 0.05) is 31.0 Å². The number of thioether (sulfide) groups is 1. The van der Waals surface area contributed by atoms with Crippen LogP contribution in [0.4, 0.5) is 5.69 Å². The Hall–Kier alpha value is -1.00. The maximum Gasteiger partial charge on any atom is 0.221 e. The highest BCUT2D eigenvalue weighted by Crippen LogP contribution is 2.09. The summed E-state index contributed by atoms with van der Waals surface area (Å²) in [6.45, 7) is 5.59. The van der Waals surface area contributed by atoms with Crippen molar-refractivity contribution in [3.8, 4) is 0 Å². The highest BCUT2D eigenvalue weighted by molar-refractivity contribution is 7.99. The van der Waals surface area contributed by atoms with Gasteiger partial charge in [0.2, 0.25) is 5.91 Å². The van der Waals surface area contributed by atoms with Gasteiger partial charge in [-0.15, -0.1) is 0 Å². The molecule has 0 bridgehead atoms. The van der Waals surface area contributed by atoms with Crippen LogP contribution in [0.1, 0.15) is 19.4 Å². The Bertz CT molecular complexity index is 351. The Morgan fingerprint density at radius 1 is 1.35 bits per heavy atom. The summed E-state index contributed by atoms with van der Waals surface area (Å²) in [7, 11) is 0. The molecule has 2 N–H and O–H groups in total. The highest BCUT2D eigenvalue weighted by atomic mass is 32.2. The minimum absolute atomic E-state index is 0.0373. The minimum atomic E-state index is -0.0373. The van der Waals surface area contributed by atoms with Gasteiger partial charge in [-0.1, -0.05) is 19.1 Å². The van der Waals surface area contributed by atoms with Gasteiger partial charge in [-0.05, 0) is 24.0 Å². The van der Waals surface area contributed by atoms with E-state index in [2.05, 4.69) is 23.8 Å². The first-order chi connectivity index (χ1) is 8.11. The van der Waals surface area contributed by atoms with Crippen molar-refractivity contribution in [2.45, 2.75) is 25.6 Å². The topological polar surface area (TPSA) is 41.1 Å². The summed E-state index contributed by atoms with van der Waals surface area (Å²) in [5.74, 6) is -0.0373. The van der Waals surface area contributed by atoms with E-state index in [0.29, 0.717) is 5.25 Å². The zero-order valence-corrected chi connectivity index (χ0v) is 11.4. The van der Waals surface area contributed by atoms with Crippen molar-refractivity contribution < 1.29 is 4.79 Å². The fourth-order valence-corrected chi connectivity index (χ4v) is 1.70. The quantitative estimate of drug-likeness (QED) is 0.817. The first-order valence-electron chi connectivity index (χ1n) is 5.72. The molecular weight excluding hydrogens is 232 g/mol. The number of nitrogens with one attached hydrogen (secondary N) is 2. The Morgan fingerprint density at radius 3 is 2.53 bits per heavy atom. The predicted molar refractivity (Wildman–Crippen MR) is 75.4 cm³/mol. The van der Waals surface area contributed by atoms with Gasteiger partial charge in [0.25, 0.3) is 0 Å². The Morgan fingerprint density at radius 2 is 2.00 bits per heavy atom. The summed E-state index contributed by atoms with van der Waals surface area (Å²) in [5.41, 5.74) is 2.08. The van der Waals surface area contributed by atoms with Crippen LogP contribution >= 0.6 is 11.8 Å². The van der Waals surface area contributed by atoms with Gasteiger partial charge in [-0.3, -0.25) is 4.79 Å². The number of amides is 1. The fourth-order valence-electron chi connectivity index (χ4n) is 1.41. The van der Waals surface area contributed by atoms with Crippen molar-refractivity contribution in [1.82, 2.24) is 5.32 Å². The number of benzene rings is 1. The average Bonchev–Trinajstić information content (AvgIpc) is 2.30. The molecule has 0 heterocycles. The van der Waals surface area contributed by atoms with Gasteiger partial charge in [0.1, 0.15) is 0 Å². The molecule has 0 aliphatic carbocycles. The molecule has 1 atom stereocenters. The predicted octanol–water partition coefficient (Wildman–Crippen LogP) is 2.49. The van der Waals surface area contributed by atoms with Crippen LogP contribution in [0.25, 0.3) is 0 Å². The van der Waals surface area contributed by atoms with Crippen LogP contribution in [0, 0.1) is 0 Å². The molecule has 0 saturated heterocycles. The second-order valence-corrected chi connectivity index (χ2v) is 5.33. The molecule has 1 aromatic rings. The van der Waals surface area contributed by atoms with Gasteiger partial charge in [0.15, 0.2) is 0 Å². The lowest BCUT2D eigenvalue weighted by Gasteiger charge is -2.10. The summed E-state index contributed by atoms with van der Waals surface area (Å²) >= 11 is 1.86. The Kier molecular flexibility index (Phi) is 6.08. The van der Waals surface area contributed by atoms with E-state index in [-0.39, 0.29) is 5.91 Å². The molecule has 0 radical (unpaired) electrons. The largest absolute Gasteiger partial charge is 0.326 e. The van der Waals surface area contributed by atoms with Crippen molar-refractivity contribution in [1.29, 1.82) is 0 Å². The second-order valence-electron chi connectivity index (χ2n) is 4.06. The van der Waals surface area contributed by atoms with Gasteiger partial charge < -0.3 is 10.6 Å². The molecular formula is C13H20N2OS. The van der Waals surface area contributed by atoms with Gasteiger partial charge in [-0.25, -0.2) is 0 Å². The molecule has 0 aliphatic heterocycles. The van der Waals surface area contributed by atoms with E-state index in [9.17, 15) is 4.79 Å². The third-order valence-corrected chi connectivity index (χ3v) is 3.41. The molecule has 0 spiro atoms. The number of carbonyl (C=O) groups is 1. The second kappa shape index (κ2) is 7.35. The number of anilines is 1. The normalized spacial score (nSPS) is 12.2. The van der Waals surface area contributed by atoms with Crippen LogP contribution in [0.15, 0.2) is 24.3 Å². The number of hydrogen-bond donors (Lipinski definition) is 2. The summed E-state index contributed by atoms with van der Waals surface area (Å²) in [5, 5.41) is 6.79. The van der Waals surface area contributed by atoms with Gasteiger partial charge in [-0.2, -0.15) is 11.8 Å². The Balaban J connectivity index is 2.37. The molecule has 1 unspecified atom stereocenters. The summed E-state index contributed by atoms with van der Waals surface area (Å²) in [6.07, 6.45) is 2.12. The monoisotopic (exact) mass is 252 g/mol. The Labute approximate surface area is 107 Å². The van der Waals surface area contributed by atoms with Crippen LogP contribution < -0.4 is 10.6 Å². The van der Waals surface area contributed by atoms with E-state index in [0.717, 1.165) is 18.8 Å². The standard InChI is InChI=1S/C13H20N2OS/c1-10(17-3)8-14-9-12-4-6-13(7-5-12)15-11(2)16/h4-7,10,14H,8-9H2,1-3H3,(H,15,16). The van der Waals surface area contributed by atoms with E-state index < -0.39 is 0 Å². The van der Waals surface area contributed by atoms with Crippen LogP contribution in [-0.4, -0.2) is 24.0 Å². The smallest absolute Gasteiger partial charge is 0.221 e. The first-order valence-corrected chi connectivity index (χ1v) is 7.00. The fraction of sp³-hybridized carbons (Fsp3) is 0.462. The zero-order chi connectivity index (χ0) is 12.7. The van der Waals surface area contributed by atoms with Crippen LogP contribution in [0.3, 0.4) is 0 Å². The van der Waals surface area contributed by atoms with E-state index in [1.165, 1.54) is 12.5 Å². The molecule has 1 rings (SSSR count). The van der Waals surface area contributed by atoms with Crippen molar-refractivity contribution in [3.05, 3.63) is 29.8 Å². The third-order valence-electron chi connectivity index (χ3n) is 2.44. The highest BCUT2D eigenvalue weighted by Gasteiger charge is 1.99. The summed E-state index contributed by atoms with van der Waals surface area (Å²) in [4.78, 5) is 10.9. The molecule has 4 heteroatoms. The molecule has 1 aromatic carbocycles. The molecule has 3 nitrogen and oxygen atoms in total. The van der Waals surface area contributed by atoms with Crippen molar-refractivity contribution in [2.75, 3.05) is 18.1 Å². The lowest BCUT2D eigenvalue weighted by molar-refractivity contribution is -0.114. The van der Waals surface area contributed by atoms with Crippen molar-refractivity contribution >= 4 is 23.4 Å². The van der Waals surface area contributed by atoms with Crippen LogP contribution in [0.5, 0.6) is 0 Å². The summed E-state index contributed by atoms with van der Waals surface area (Å²) < 4.78 is 0.